The Bertz CT molecular complexity index is 815. The molecule has 1 aliphatic rings. The Hall–Kier alpha value is -2.19. The predicted octanol–water partition coefficient (Wildman–Crippen LogP) is 1.03. The number of nitrogens with one attached hydrogen (secondary N) is 2. The van der Waals surface area contributed by atoms with Gasteiger partial charge in [0, 0.05) is 17.0 Å². The van der Waals surface area contributed by atoms with Crippen LogP contribution in [0.4, 0.5) is 0 Å². The Morgan fingerprint density at radius 3 is 2.81 bits per heavy atom. The molecule has 0 radical (unpaired) electrons. The molecule has 8 heteroatoms. The van der Waals surface area contributed by atoms with Gasteiger partial charge in [-0.15, -0.1) is 0 Å². The van der Waals surface area contributed by atoms with E-state index in [9.17, 15) is 14.4 Å². The van der Waals surface area contributed by atoms with Crippen LogP contribution in [0.3, 0.4) is 0 Å². The number of rotatable bonds is 2. The third-order valence-electron chi connectivity index (χ3n) is 2.96. The number of carbonyl (C=O) groups is 2. The minimum atomic E-state index is -0.546. The molecule has 0 spiro atoms. The summed E-state index contributed by atoms with van der Waals surface area (Å²) in [7, 11) is 0. The zero-order valence-electron chi connectivity index (χ0n) is 10.6. The molecule has 0 atom stereocenters. The van der Waals surface area contributed by atoms with Gasteiger partial charge in [0.15, 0.2) is 4.32 Å². The summed E-state index contributed by atoms with van der Waals surface area (Å²) in [6, 6.07) is 8.15. The van der Waals surface area contributed by atoms with Gasteiger partial charge in [-0.05, 0) is 6.07 Å². The number of aromatic amines is 1. The van der Waals surface area contributed by atoms with E-state index in [1.165, 1.54) is 17.8 Å². The monoisotopic (exact) mass is 319 g/mol. The van der Waals surface area contributed by atoms with Gasteiger partial charge in [0.25, 0.3) is 11.8 Å². The highest BCUT2D eigenvalue weighted by Crippen LogP contribution is 2.19. The first-order valence-electron chi connectivity index (χ1n) is 5.99. The second-order valence-corrected chi connectivity index (χ2v) is 5.93. The molecule has 1 saturated heterocycles. The predicted molar refractivity (Wildman–Crippen MR) is 83.9 cm³/mol. The summed E-state index contributed by atoms with van der Waals surface area (Å²) in [5.41, 5.74) is 2.81. The third kappa shape index (κ3) is 2.55. The fraction of sp³-hybridized carbons (Fsp3) is 0.0769. The number of fused-ring (bicyclic) bond motifs is 1. The number of thioether (sulfide) groups is 1. The molecular weight excluding hydrogens is 310 g/mol. The Morgan fingerprint density at radius 1 is 1.33 bits per heavy atom. The highest BCUT2D eigenvalue weighted by atomic mass is 32.2. The van der Waals surface area contributed by atoms with Crippen molar-refractivity contribution < 1.29 is 9.59 Å². The fourth-order valence-electron chi connectivity index (χ4n) is 2.02. The van der Waals surface area contributed by atoms with Crippen LogP contribution in [0.2, 0.25) is 0 Å². The number of carbonyl (C=O) groups excluding carboxylic acids is 2. The second kappa shape index (κ2) is 5.30. The van der Waals surface area contributed by atoms with Crippen molar-refractivity contribution in [1.82, 2.24) is 15.4 Å². The van der Waals surface area contributed by atoms with E-state index < -0.39 is 5.91 Å². The lowest BCUT2D eigenvalue weighted by atomic mass is 10.1. The van der Waals surface area contributed by atoms with E-state index in [-0.39, 0.29) is 22.8 Å². The lowest BCUT2D eigenvalue weighted by Crippen LogP contribution is -2.45. The highest BCUT2D eigenvalue weighted by molar-refractivity contribution is 8.23. The van der Waals surface area contributed by atoms with Crippen molar-refractivity contribution in [2.24, 2.45) is 0 Å². The number of hydrazine groups is 1. The van der Waals surface area contributed by atoms with Gasteiger partial charge in [-0.25, -0.2) is 5.01 Å². The van der Waals surface area contributed by atoms with Gasteiger partial charge in [-0.2, -0.15) is 0 Å². The summed E-state index contributed by atoms with van der Waals surface area (Å²) in [6.45, 7) is 0. The van der Waals surface area contributed by atoms with E-state index in [1.54, 1.807) is 24.3 Å². The van der Waals surface area contributed by atoms with Crippen LogP contribution in [0.25, 0.3) is 10.9 Å². The topological polar surface area (TPSA) is 82.3 Å². The van der Waals surface area contributed by atoms with Gasteiger partial charge in [0.1, 0.15) is 0 Å². The quantitative estimate of drug-likeness (QED) is 0.808. The minimum absolute atomic E-state index is 0.196. The number of nitrogens with zero attached hydrogens (tertiary/aromatic N) is 1. The number of hydrogen-bond acceptors (Lipinski definition) is 5. The summed E-state index contributed by atoms with van der Waals surface area (Å²) in [5, 5.41) is 1.64. The first kappa shape index (κ1) is 13.8. The van der Waals surface area contributed by atoms with E-state index in [0.717, 1.165) is 5.01 Å². The van der Waals surface area contributed by atoms with Crippen LogP contribution in [-0.4, -0.2) is 31.9 Å². The maximum absolute atomic E-state index is 12.3. The number of H-pyrrole nitrogens is 1. The Balaban J connectivity index is 2.00. The number of aromatic nitrogens is 1. The number of thiocarbonyl (C=S) groups is 1. The van der Waals surface area contributed by atoms with Crippen molar-refractivity contribution in [3.63, 3.8) is 0 Å². The van der Waals surface area contributed by atoms with Crippen molar-refractivity contribution in [1.29, 1.82) is 0 Å². The fourth-order valence-corrected chi connectivity index (χ4v) is 2.99. The molecule has 1 aromatic heterocycles. The van der Waals surface area contributed by atoms with Crippen LogP contribution in [0.15, 0.2) is 35.1 Å². The van der Waals surface area contributed by atoms with E-state index >= 15 is 0 Å². The van der Waals surface area contributed by atoms with Crippen LogP contribution in [0, 0.1) is 0 Å². The lowest BCUT2D eigenvalue weighted by Gasteiger charge is -2.16. The summed E-state index contributed by atoms with van der Waals surface area (Å²) in [6.07, 6.45) is 0. The Labute approximate surface area is 128 Å². The first-order chi connectivity index (χ1) is 10.1. The van der Waals surface area contributed by atoms with E-state index in [4.69, 9.17) is 12.2 Å². The summed E-state index contributed by atoms with van der Waals surface area (Å²) >= 11 is 6.18. The molecule has 1 fully saturated rings. The van der Waals surface area contributed by atoms with Crippen LogP contribution < -0.4 is 11.0 Å². The largest absolute Gasteiger partial charge is 0.322 e. The zero-order valence-corrected chi connectivity index (χ0v) is 12.2. The molecule has 3 rings (SSSR count). The van der Waals surface area contributed by atoms with Crippen molar-refractivity contribution in [3.05, 3.63) is 46.2 Å². The van der Waals surface area contributed by atoms with Crippen molar-refractivity contribution in [3.8, 4) is 0 Å². The van der Waals surface area contributed by atoms with Gasteiger partial charge in [0.05, 0.1) is 11.3 Å². The van der Waals surface area contributed by atoms with Gasteiger partial charge < -0.3 is 4.98 Å². The van der Waals surface area contributed by atoms with Gasteiger partial charge in [0.2, 0.25) is 5.56 Å². The lowest BCUT2D eigenvalue weighted by molar-refractivity contribution is -0.125. The molecule has 0 aliphatic carbocycles. The maximum Gasteiger partial charge on any atom is 0.271 e. The van der Waals surface area contributed by atoms with Crippen molar-refractivity contribution in [2.75, 3.05) is 5.75 Å². The van der Waals surface area contributed by atoms with Crippen LogP contribution in [0.5, 0.6) is 0 Å². The molecule has 1 aliphatic heterocycles. The van der Waals surface area contributed by atoms with E-state index in [0.29, 0.717) is 15.2 Å². The molecule has 21 heavy (non-hydrogen) atoms. The van der Waals surface area contributed by atoms with Gasteiger partial charge in [-0.3, -0.25) is 19.8 Å². The molecule has 2 heterocycles. The van der Waals surface area contributed by atoms with Gasteiger partial charge >= 0.3 is 0 Å². The van der Waals surface area contributed by atoms with Crippen molar-refractivity contribution in [2.45, 2.75) is 0 Å². The molecule has 0 saturated carbocycles. The molecule has 0 unspecified atom stereocenters. The summed E-state index contributed by atoms with van der Waals surface area (Å²) < 4.78 is 0.294. The minimum Gasteiger partial charge on any atom is -0.322 e. The van der Waals surface area contributed by atoms with Crippen molar-refractivity contribution >= 4 is 51.0 Å². The van der Waals surface area contributed by atoms with Crippen LogP contribution in [0.1, 0.15) is 10.4 Å². The molecule has 106 valence electrons. The Kier molecular flexibility index (Phi) is 3.48. The summed E-state index contributed by atoms with van der Waals surface area (Å²) in [4.78, 5) is 38.2. The average Bonchev–Trinajstić information content (AvgIpc) is 2.78. The number of hydrogen-bond donors (Lipinski definition) is 2. The number of para-hydroxylation sites is 1. The molecule has 6 nitrogen and oxygen atoms in total. The van der Waals surface area contributed by atoms with Gasteiger partial charge in [-0.1, -0.05) is 42.2 Å². The molecule has 2 N–H and O–H groups in total. The first-order valence-corrected chi connectivity index (χ1v) is 7.38. The maximum atomic E-state index is 12.3. The standard InChI is InChI=1S/C13H9N3O3S2/c17-10-5-8(7-3-1-2-4-9(7)14-10)12(19)15-16-11(18)6-21-13(16)20/h1-5H,6H2,(H,14,17)(H,15,19). The molecule has 2 aromatic rings. The molecule has 0 bridgehead atoms. The van der Waals surface area contributed by atoms with E-state index in [1.807, 2.05) is 0 Å². The second-order valence-electron chi connectivity index (χ2n) is 4.32. The third-order valence-corrected chi connectivity index (χ3v) is 4.32. The molecule has 2 amide bonds. The summed E-state index contributed by atoms with van der Waals surface area (Å²) in [5.74, 6) is -0.627. The smallest absolute Gasteiger partial charge is 0.271 e. The molecule has 1 aromatic carbocycles. The highest BCUT2D eigenvalue weighted by Gasteiger charge is 2.29. The number of benzene rings is 1. The number of amides is 2. The van der Waals surface area contributed by atoms with E-state index in [2.05, 4.69) is 10.4 Å². The zero-order chi connectivity index (χ0) is 15.0. The normalized spacial score (nSPS) is 14.8. The van der Waals surface area contributed by atoms with Crippen LogP contribution >= 0.6 is 24.0 Å². The number of pyridine rings is 1. The SMILES string of the molecule is O=C(NN1C(=O)CSC1=S)c1cc(=O)[nH]c2ccccc12. The average molecular weight is 319 g/mol. The van der Waals surface area contributed by atoms with Crippen LogP contribution in [-0.2, 0) is 4.79 Å². The molecular formula is C13H9N3O3S2. The Morgan fingerprint density at radius 2 is 2.10 bits per heavy atom.